The second-order valence-electron chi connectivity index (χ2n) is 5.24. The van der Waals surface area contributed by atoms with Gasteiger partial charge in [0.15, 0.2) is 0 Å². The molecule has 2 aliphatic carbocycles. The summed E-state index contributed by atoms with van der Waals surface area (Å²) in [6, 6.07) is 5.10. The van der Waals surface area contributed by atoms with Crippen LogP contribution in [0.3, 0.4) is 0 Å². The first-order valence-corrected chi connectivity index (χ1v) is 5.93. The fourth-order valence-electron chi connectivity index (χ4n) is 2.40. The Balaban J connectivity index is 1.62. The van der Waals surface area contributed by atoms with Gasteiger partial charge in [0.05, 0.1) is 0 Å². The average Bonchev–Trinajstić information content (AvgIpc) is 3.14. The van der Waals surface area contributed by atoms with Crippen molar-refractivity contribution in [1.29, 1.82) is 0 Å². The molecule has 15 heavy (non-hydrogen) atoms. The second-order valence-corrected chi connectivity index (χ2v) is 5.24. The quantitative estimate of drug-likeness (QED) is 0.809. The Hall–Kier alpha value is -0.890. The van der Waals surface area contributed by atoms with Gasteiger partial charge in [0.1, 0.15) is 0 Å². The topological polar surface area (TPSA) is 24.9 Å². The Kier molecular flexibility index (Phi) is 2.06. The maximum Gasteiger partial charge on any atom is 0.0305 e. The van der Waals surface area contributed by atoms with Crippen LogP contribution in [0, 0.1) is 5.92 Å². The second kappa shape index (κ2) is 3.31. The Morgan fingerprint density at radius 3 is 3.07 bits per heavy atom. The van der Waals surface area contributed by atoms with Gasteiger partial charge in [-0.3, -0.25) is 4.98 Å². The minimum absolute atomic E-state index is 0.399. The number of pyridine rings is 1. The molecule has 1 heterocycles. The molecule has 2 aliphatic rings. The van der Waals surface area contributed by atoms with E-state index in [4.69, 9.17) is 0 Å². The molecule has 1 N–H and O–H groups in total. The van der Waals surface area contributed by atoms with Gasteiger partial charge >= 0.3 is 0 Å². The third-order valence-corrected chi connectivity index (χ3v) is 3.96. The summed E-state index contributed by atoms with van der Waals surface area (Å²) in [5.41, 5.74) is 1.81. The first kappa shape index (κ1) is 9.34. The Labute approximate surface area is 91.1 Å². The summed E-state index contributed by atoms with van der Waals surface area (Å²) in [6.07, 6.45) is 7.97. The number of nitrogens with zero attached hydrogens (tertiary/aromatic N) is 1. The third-order valence-electron chi connectivity index (χ3n) is 3.96. The standard InChI is InChI=1S/C13H18N2/c1-13(10-3-2-6-14-8-10)7-11(13)9-15-12-4-5-12/h2-3,6,8,11-12,15H,4-5,7,9H2,1H3. The lowest BCUT2D eigenvalue weighted by Gasteiger charge is -2.11. The van der Waals surface area contributed by atoms with E-state index in [-0.39, 0.29) is 0 Å². The van der Waals surface area contributed by atoms with Crippen LogP contribution in [-0.4, -0.2) is 17.6 Å². The van der Waals surface area contributed by atoms with E-state index in [1.165, 1.54) is 31.4 Å². The SMILES string of the molecule is CC1(c2cccnc2)CC1CNC1CC1. The van der Waals surface area contributed by atoms with E-state index in [1.54, 1.807) is 0 Å². The summed E-state index contributed by atoms with van der Waals surface area (Å²) in [5.74, 6) is 0.822. The molecule has 2 fully saturated rings. The minimum Gasteiger partial charge on any atom is -0.314 e. The van der Waals surface area contributed by atoms with Crippen LogP contribution in [0.2, 0.25) is 0 Å². The van der Waals surface area contributed by atoms with Crippen LogP contribution in [0.25, 0.3) is 0 Å². The van der Waals surface area contributed by atoms with Crippen molar-refractivity contribution in [3.8, 4) is 0 Å². The van der Waals surface area contributed by atoms with Crippen LogP contribution in [0.1, 0.15) is 31.7 Å². The fraction of sp³-hybridized carbons (Fsp3) is 0.615. The largest absolute Gasteiger partial charge is 0.314 e. The molecule has 80 valence electrons. The Bertz CT molecular complexity index is 345. The van der Waals surface area contributed by atoms with Crippen LogP contribution in [0.4, 0.5) is 0 Å². The van der Waals surface area contributed by atoms with Crippen molar-refractivity contribution >= 4 is 0 Å². The zero-order valence-electron chi connectivity index (χ0n) is 9.24. The highest BCUT2D eigenvalue weighted by Gasteiger charge is 2.51. The highest BCUT2D eigenvalue weighted by Crippen LogP contribution is 2.53. The van der Waals surface area contributed by atoms with E-state index in [0.717, 1.165) is 12.0 Å². The average molecular weight is 202 g/mol. The van der Waals surface area contributed by atoms with Crippen molar-refractivity contribution in [2.45, 2.75) is 37.6 Å². The molecule has 0 aromatic carbocycles. The number of hydrogen-bond donors (Lipinski definition) is 1. The zero-order chi connectivity index (χ0) is 10.3. The summed E-state index contributed by atoms with van der Waals surface area (Å²) in [5, 5.41) is 3.62. The molecule has 2 saturated carbocycles. The molecular formula is C13H18N2. The minimum atomic E-state index is 0.399. The fourth-order valence-corrected chi connectivity index (χ4v) is 2.40. The van der Waals surface area contributed by atoms with Gasteiger partial charge in [-0.15, -0.1) is 0 Å². The molecule has 1 aromatic heterocycles. The highest BCUT2D eigenvalue weighted by atomic mass is 15.0. The van der Waals surface area contributed by atoms with Crippen LogP contribution in [0.15, 0.2) is 24.5 Å². The van der Waals surface area contributed by atoms with Crippen molar-refractivity contribution < 1.29 is 0 Å². The predicted molar refractivity (Wildman–Crippen MR) is 60.7 cm³/mol. The summed E-state index contributed by atoms with van der Waals surface area (Å²) in [4.78, 5) is 4.21. The smallest absolute Gasteiger partial charge is 0.0305 e. The molecule has 0 saturated heterocycles. The van der Waals surface area contributed by atoms with Crippen molar-refractivity contribution in [3.63, 3.8) is 0 Å². The number of aromatic nitrogens is 1. The van der Waals surface area contributed by atoms with Crippen LogP contribution < -0.4 is 5.32 Å². The molecule has 2 unspecified atom stereocenters. The third kappa shape index (κ3) is 1.78. The van der Waals surface area contributed by atoms with Crippen LogP contribution in [0.5, 0.6) is 0 Å². The monoisotopic (exact) mass is 202 g/mol. The van der Waals surface area contributed by atoms with Gasteiger partial charge < -0.3 is 5.32 Å². The van der Waals surface area contributed by atoms with E-state index >= 15 is 0 Å². The van der Waals surface area contributed by atoms with E-state index in [9.17, 15) is 0 Å². The molecule has 0 bridgehead atoms. The van der Waals surface area contributed by atoms with Gasteiger partial charge in [-0.05, 0) is 48.8 Å². The molecule has 2 heteroatoms. The van der Waals surface area contributed by atoms with Crippen molar-refractivity contribution in [1.82, 2.24) is 10.3 Å². The van der Waals surface area contributed by atoms with Gasteiger partial charge in [-0.2, -0.15) is 0 Å². The predicted octanol–water partition coefficient (Wildman–Crippen LogP) is 2.11. The lowest BCUT2D eigenvalue weighted by molar-refractivity contribution is 0.575. The lowest BCUT2D eigenvalue weighted by atomic mass is 9.97. The van der Waals surface area contributed by atoms with Crippen molar-refractivity contribution in [2.24, 2.45) is 5.92 Å². The van der Waals surface area contributed by atoms with Gasteiger partial charge in [-0.25, -0.2) is 0 Å². The van der Waals surface area contributed by atoms with Gasteiger partial charge in [0.2, 0.25) is 0 Å². The van der Waals surface area contributed by atoms with Crippen molar-refractivity contribution in [2.75, 3.05) is 6.54 Å². The summed E-state index contributed by atoms with van der Waals surface area (Å²) >= 11 is 0. The van der Waals surface area contributed by atoms with E-state index in [2.05, 4.69) is 23.3 Å². The van der Waals surface area contributed by atoms with E-state index in [0.29, 0.717) is 5.41 Å². The van der Waals surface area contributed by atoms with Gasteiger partial charge in [0.25, 0.3) is 0 Å². The summed E-state index contributed by atoms with van der Waals surface area (Å²) < 4.78 is 0. The summed E-state index contributed by atoms with van der Waals surface area (Å²) in [7, 11) is 0. The Morgan fingerprint density at radius 2 is 2.40 bits per heavy atom. The molecule has 2 atom stereocenters. The molecule has 0 spiro atoms. The number of hydrogen-bond acceptors (Lipinski definition) is 2. The van der Waals surface area contributed by atoms with E-state index < -0.39 is 0 Å². The molecular weight excluding hydrogens is 184 g/mol. The first-order chi connectivity index (χ1) is 7.29. The molecule has 3 rings (SSSR count). The Morgan fingerprint density at radius 1 is 1.53 bits per heavy atom. The number of nitrogens with one attached hydrogen (secondary N) is 1. The van der Waals surface area contributed by atoms with Crippen molar-refractivity contribution in [3.05, 3.63) is 30.1 Å². The summed E-state index contributed by atoms with van der Waals surface area (Å²) in [6.45, 7) is 3.55. The van der Waals surface area contributed by atoms with Gasteiger partial charge in [0, 0.05) is 18.4 Å². The maximum absolute atomic E-state index is 4.21. The van der Waals surface area contributed by atoms with E-state index in [1.807, 2.05) is 18.5 Å². The van der Waals surface area contributed by atoms with Crippen LogP contribution >= 0.6 is 0 Å². The molecule has 1 aromatic rings. The van der Waals surface area contributed by atoms with Crippen LogP contribution in [-0.2, 0) is 5.41 Å². The zero-order valence-corrected chi connectivity index (χ0v) is 9.24. The molecule has 0 radical (unpaired) electrons. The molecule has 0 aliphatic heterocycles. The molecule has 2 nitrogen and oxygen atoms in total. The van der Waals surface area contributed by atoms with Gasteiger partial charge in [-0.1, -0.05) is 13.0 Å². The number of rotatable bonds is 4. The molecule has 0 amide bonds. The first-order valence-electron chi connectivity index (χ1n) is 5.93. The normalized spacial score (nSPS) is 34.1. The highest BCUT2D eigenvalue weighted by molar-refractivity contribution is 5.30. The lowest BCUT2D eigenvalue weighted by Crippen LogP contribution is -2.22. The maximum atomic E-state index is 4.21.